The predicted octanol–water partition coefficient (Wildman–Crippen LogP) is 2.27. The van der Waals surface area contributed by atoms with Crippen LogP contribution in [0, 0.1) is 6.92 Å². The second kappa shape index (κ2) is 6.12. The maximum atomic E-state index is 12.1. The quantitative estimate of drug-likeness (QED) is 0.908. The van der Waals surface area contributed by atoms with Crippen LogP contribution >= 0.6 is 15.9 Å². The monoisotopic (exact) mass is 321 g/mol. The van der Waals surface area contributed by atoms with Crippen molar-refractivity contribution in [1.29, 1.82) is 0 Å². The van der Waals surface area contributed by atoms with Gasteiger partial charge < -0.3 is 10.3 Å². The predicted molar refractivity (Wildman–Crippen MR) is 80.4 cm³/mol. The minimum absolute atomic E-state index is 0.0616. The molecule has 2 N–H and O–H groups in total. The smallest absolute Gasteiger partial charge is 0.254 e. The van der Waals surface area contributed by atoms with Gasteiger partial charge in [-0.2, -0.15) is 0 Å². The van der Waals surface area contributed by atoms with Crippen LogP contribution in [0.15, 0.2) is 33.5 Å². The fraction of sp³-hybridized carbons (Fsp3) is 0.286. The van der Waals surface area contributed by atoms with Crippen molar-refractivity contribution in [3.63, 3.8) is 0 Å². The highest BCUT2D eigenvalue weighted by molar-refractivity contribution is 9.10. The standard InChI is InChI=1S/C14H16BrN3O/c1-9-10(7-8-16-2)14(19)18-13(17-9)11-5-3-4-6-12(11)15/h3-6,16H,7-8H2,1-2H3,(H,17,18,19). The van der Waals surface area contributed by atoms with E-state index >= 15 is 0 Å². The number of hydrogen-bond donors (Lipinski definition) is 2. The molecule has 0 saturated heterocycles. The second-order valence-corrected chi connectivity index (χ2v) is 5.17. The summed E-state index contributed by atoms with van der Waals surface area (Å²) in [7, 11) is 1.87. The van der Waals surface area contributed by atoms with Gasteiger partial charge in [0.1, 0.15) is 5.82 Å². The molecule has 0 aliphatic heterocycles. The first kappa shape index (κ1) is 14.0. The third-order valence-corrected chi connectivity index (χ3v) is 3.67. The normalized spacial score (nSPS) is 10.7. The van der Waals surface area contributed by atoms with Gasteiger partial charge in [0, 0.05) is 21.3 Å². The van der Waals surface area contributed by atoms with E-state index in [0.29, 0.717) is 12.2 Å². The highest BCUT2D eigenvalue weighted by Gasteiger charge is 2.10. The van der Waals surface area contributed by atoms with Gasteiger partial charge in [0.2, 0.25) is 0 Å². The molecule has 0 aliphatic rings. The van der Waals surface area contributed by atoms with Crippen molar-refractivity contribution >= 4 is 15.9 Å². The van der Waals surface area contributed by atoms with Crippen molar-refractivity contribution in [2.24, 2.45) is 0 Å². The van der Waals surface area contributed by atoms with E-state index in [1.54, 1.807) is 0 Å². The van der Waals surface area contributed by atoms with Crippen LogP contribution in [0.2, 0.25) is 0 Å². The number of rotatable bonds is 4. The summed E-state index contributed by atoms with van der Waals surface area (Å²) in [6, 6.07) is 7.71. The summed E-state index contributed by atoms with van der Waals surface area (Å²) in [6.45, 7) is 2.64. The number of H-pyrrole nitrogens is 1. The molecule has 1 aromatic carbocycles. The van der Waals surface area contributed by atoms with Crippen molar-refractivity contribution in [3.8, 4) is 11.4 Å². The van der Waals surface area contributed by atoms with E-state index in [-0.39, 0.29) is 5.56 Å². The lowest BCUT2D eigenvalue weighted by molar-refractivity contribution is 0.774. The van der Waals surface area contributed by atoms with Gasteiger partial charge in [-0.1, -0.05) is 34.1 Å². The van der Waals surface area contributed by atoms with E-state index in [1.165, 1.54) is 0 Å². The molecule has 2 aromatic rings. The number of aromatic nitrogens is 2. The molecule has 5 heteroatoms. The Morgan fingerprint density at radius 2 is 2.11 bits per heavy atom. The second-order valence-electron chi connectivity index (χ2n) is 4.31. The third kappa shape index (κ3) is 3.11. The summed E-state index contributed by atoms with van der Waals surface area (Å²) in [5.41, 5.74) is 2.35. The molecule has 0 unspecified atom stereocenters. The first-order chi connectivity index (χ1) is 9.13. The number of likely N-dealkylation sites (N-methyl/N-ethyl adjacent to an activating group) is 1. The zero-order valence-corrected chi connectivity index (χ0v) is 12.5. The van der Waals surface area contributed by atoms with E-state index in [9.17, 15) is 4.79 Å². The highest BCUT2D eigenvalue weighted by Crippen LogP contribution is 2.24. The minimum atomic E-state index is -0.0616. The van der Waals surface area contributed by atoms with Crippen LogP contribution in [0.3, 0.4) is 0 Å². The average Bonchev–Trinajstić information content (AvgIpc) is 2.38. The molecule has 100 valence electrons. The number of halogens is 1. The number of benzene rings is 1. The van der Waals surface area contributed by atoms with Gasteiger partial charge >= 0.3 is 0 Å². The lowest BCUT2D eigenvalue weighted by Gasteiger charge is -2.08. The molecule has 0 saturated carbocycles. The molecular weight excluding hydrogens is 306 g/mol. The van der Waals surface area contributed by atoms with Gasteiger partial charge in [-0.05, 0) is 33.0 Å². The average molecular weight is 322 g/mol. The van der Waals surface area contributed by atoms with Gasteiger partial charge in [-0.25, -0.2) is 4.98 Å². The molecule has 0 radical (unpaired) electrons. The zero-order valence-electron chi connectivity index (χ0n) is 11.0. The third-order valence-electron chi connectivity index (χ3n) is 2.98. The number of nitrogens with one attached hydrogen (secondary N) is 2. The molecule has 1 aromatic heterocycles. The molecule has 0 spiro atoms. The van der Waals surface area contributed by atoms with Gasteiger partial charge in [-0.15, -0.1) is 0 Å². The van der Waals surface area contributed by atoms with Crippen LogP contribution < -0.4 is 10.9 Å². The fourth-order valence-corrected chi connectivity index (χ4v) is 2.41. The van der Waals surface area contributed by atoms with Crippen molar-refractivity contribution < 1.29 is 0 Å². The largest absolute Gasteiger partial charge is 0.319 e. The van der Waals surface area contributed by atoms with Crippen LogP contribution in [-0.2, 0) is 6.42 Å². The summed E-state index contributed by atoms with van der Waals surface area (Å²) >= 11 is 3.47. The first-order valence-corrected chi connectivity index (χ1v) is 6.92. The lowest BCUT2D eigenvalue weighted by Crippen LogP contribution is -2.21. The topological polar surface area (TPSA) is 57.8 Å². The number of aryl methyl sites for hydroxylation is 1. The Labute approximate surface area is 120 Å². The van der Waals surface area contributed by atoms with E-state index in [2.05, 4.69) is 31.2 Å². The minimum Gasteiger partial charge on any atom is -0.319 e. The summed E-state index contributed by atoms with van der Waals surface area (Å²) in [5, 5.41) is 3.04. The molecule has 2 rings (SSSR count). The molecule has 0 bridgehead atoms. The molecule has 0 aliphatic carbocycles. The summed E-state index contributed by atoms with van der Waals surface area (Å²) in [6.07, 6.45) is 0.681. The van der Waals surface area contributed by atoms with Crippen molar-refractivity contribution in [3.05, 3.63) is 50.3 Å². The fourth-order valence-electron chi connectivity index (χ4n) is 1.94. The Morgan fingerprint density at radius 1 is 1.37 bits per heavy atom. The van der Waals surface area contributed by atoms with E-state index in [0.717, 1.165) is 27.8 Å². The van der Waals surface area contributed by atoms with Crippen LogP contribution in [0.5, 0.6) is 0 Å². The molecule has 0 amide bonds. The van der Waals surface area contributed by atoms with Crippen LogP contribution in [0.1, 0.15) is 11.3 Å². The maximum Gasteiger partial charge on any atom is 0.254 e. The Kier molecular flexibility index (Phi) is 4.50. The highest BCUT2D eigenvalue weighted by atomic mass is 79.9. The SMILES string of the molecule is CNCCc1c(C)nc(-c2ccccc2Br)[nH]c1=O. The van der Waals surface area contributed by atoms with E-state index in [4.69, 9.17) is 0 Å². The van der Waals surface area contributed by atoms with Crippen LogP contribution in [0.25, 0.3) is 11.4 Å². The molecule has 4 nitrogen and oxygen atoms in total. The molecule has 19 heavy (non-hydrogen) atoms. The molecular formula is C14H16BrN3O. The number of hydrogen-bond acceptors (Lipinski definition) is 3. The van der Waals surface area contributed by atoms with Crippen LogP contribution in [0.4, 0.5) is 0 Å². The number of aromatic amines is 1. The van der Waals surface area contributed by atoms with Gasteiger partial charge in [0.15, 0.2) is 0 Å². The van der Waals surface area contributed by atoms with E-state index in [1.807, 2.05) is 38.2 Å². The number of nitrogens with zero attached hydrogens (tertiary/aromatic N) is 1. The molecule has 1 heterocycles. The molecule has 0 fully saturated rings. The van der Waals surface area contributed by atoms with Crippen molar-refractivity contribution in [1.82, 2.24) is 15.3 Å². The summed E-state index contributed by atoms with van der Waals surface area (Å²) in [5.74, 6) is 0.600. The van der Waals surface area contributed by atoms with Crippen molar-refractivity contribution in [2.45, 2.75) is 13.3 Å². The Balaban J connectivity index is 2.46. The van der Waals surface area contributed by atoms with Gasteiger partial charge in [0.25, 0.3) is 5.56 Å². The maximum absolute atomic E-state index is 12.1. The summed E-state index contributed by atoms with van der Waals surface area (Å²) in [4.78, 5) is 19.5. The summed E-state index contributed by atoms with van der Waals surface area (Å²) < 4.78 is 0.917. The van der Waals surface area contributed by atoms with Gasteiger partial charge in [-0.3, -0.25) is 4.79 Å². The lowest BCUT2D eigenvalue weighted by atomic mass is 10.1. The van der Waals surface area contributed by atoms with Gasteiger partial charge in [0.05, 0.1) is 0 Å². The van der Waals surface area contributed by atoms with Crippen molar-refractivity contribution in [2.75, 3.05) is 13.6 Å². The van der Waals surface area contributed by atoms with Crippen LogP contribution in [-0.4, -0.2) is 23.6 Å². The first-order valence-electron chi connectivity index (χ1n) is 6.12. The zero-order chi connectivity index (χ0) is 13.8. The Morgan fingerprint density at radius 3 is 2.74 bits per heavy atom. The Bertz CT molecular complexity index is 637. The van der Waals surface area contributed by atoms with E-state index < -0.39 is 0 Å². The Hall–Kier alpha value is -1.46. The molecule has 0 atom stereocenters.